The lowest BCUT2D eigenvalue weighted by Gasteiger charge is -2.33. The Morgan fingerprint density at radius 2 is 1.28 bits per heavy atom. The van der Waals surface area contributed by atoms with Gasteiger partial charge in [-0.05, 0) is 77.7 Å². The summed E-state index contributed by atoms with van der Waals surface area (Å²) in [6.45, 7) is 6.96. The van der Waals surface area contributed by atoms with E-state index in [1.807, 2.05) is 0 Å². The molecule has 0 bridgehead atoms. The van der Waals surface area contributed by atoms with Crippen molar-refractivity contribution in [2.75, 3.05) is 4.90 Å². The topological polar surface area (TPSA) is 8.17 Å². The zero-order chi connectivity index (χ0) is 29.3. The number of para-hydroxylation sites is 3. The van der Waals surface area contributed by atoms with Crippen LogP contribution in [0, 0.1) is 6.92 Å². The highest BCUT2D eigenvalue weighted by Crippen LogP contribution is 2.57. The van der Waals surface area contributed by atoms with Gasteiger partial charge >= 0.3 is 0 Å². The molecule has 0 spiro atoms. The standard InChI is InChI=1S/C41H36N2/c1-5-41(6-2)34-25-27(3)23-24-33(34)39-31-19-11-10-17-29(31)38(26-35(39)41)43(28-15-8-7-9-16-28)37-22-14-20-32-30-18-12-13-21-36(30)42(4)40(32)37/h7-26H,5-6H2,1-4H3. The zero-order valence-electron chi connectivity index (χ0n) is 25.4. The number of aryl methyl sites for hydroxylation is 2. The minimum Gasteiger partial charge on any atom is -0.342 e. The fraction of sp³-hybridized carbons (Fsp3) is 0.171. The van der Waals surface area contributed by atoms with Gasteiger partial charge in [0.2, 0.25) is 0 Å². The van der Waals surface area contributed by atoms with E-state index in [0.717, 1.165) is 18.5 Å². The predicted octanol–water partition coefficient (Wildman–Crippen LogP) is 11.3. The van der Waals surface area contributed by atoms with Crippen molar-refractivity contribution in [1.29, 1.82) is 0 Å². The summed E-state index contributed by atoms with van der Waals surface area (Å²) in [6.07, 6.45) is 2.13. The van der Waals surface area contributed by atoms with Crippen molar-refractivity contribution >= 4 is 49.6 Å². The fourth-order valence-corrected chi connectivity index (χ4v) is 8.02. The Balaban J connectivity index is 1.52. The maximum Gasteiger partial charge on any atom is 0.0733 e. The van der Waals surface area contributed by atoms with Crippen LogP contribution < -0.4 is 4.90 Å². The molecule has 210 valence electrons. The van der Waals surface area contributed by atoms with Gasteiger partial charge in [-0.3, -0.25) is 0 Å². The van der Waals surface area contributed by atoms with Crippen LogP contribution in [0.5, 0.6) is 0 Å². The molecule has 1 aliphatic rings. The van der Waals surface area contributed by atoms with Crippen LogP contribution in [0.2, 0.25) is 0 Å². The summed E-state index contributed by atoms with van der Waals surface area (Å²) in [6, 6.07) is 45.1. The molecule has 2 nitrogen and oxygen atoms in total. The predicted molar refractivity (Wildman–Crippen MR) is 184 cm³/mol. The van der Waals surface area contributed by atoms with E-state index in [4.69, 9.17) is 0 Å². The zero-order valence-corrected chi connectivity index (χ0v) is 25.4. The van der Waals surface area contributed by atoms with Crippen LogP contribution in [0.15, 0.2) is 121 Å². The van der Waals surface area contributed by atoms with Gasteiger partial charge in [0, 0.05) is 39.8 Å². The third-order valence-corrected chi connectivity index (χ3v) is 10.1. The van der Waals surface area contributed by atoms with Crippen molar-refractivity contribution in [3.05, 3.63) is 138 Å². The Hall–Kier alpha value is -4.82. The molecule has 0 atom stereocenters. The monoisotopic (exact) mass is 556 g/mol. The quantitative estimate of drug-likeness (QED) is 0.205. The van der Waals surface area contributed by atoms with Gasteiger partial charge < -0.3 is 9.47 Å². The molecule has 7 aromatic rings. The van der Waals surface area contributed by atoms with Crippen LogP contribution in [0.4, 0.5) is 17.1 Å². The lowest BCUT2D eigenvalue weighted by molar-refractivity contribution is 0.490. The molecule has 0 unspecified atom stereocenters. The molecule has 0 amide bonds. The van der Waals surface area contributed by atoms with Crippen molar-refractivity contribution < 1.29 is 0 Å². The second-order valence-electron chi connectivity index (χ2n) is 12.1. The third-order valence-electron chi connectivity index (χ3n) is 10.1. The van der Waals surface area contributed by atoms with Crippen molar-refractivity contribution in [3.63, 3.8) is 0 Å². The second-order valence-corrected chi connectivity index (χ2v) is 12.1. The number of benzene rings is 6. The minimum absolute atomic E-state index is 0.0243. The van der Waals surface area contributed by atoms with Gasteiger partial charge in [-0.1, -0.05) is 110 Å². The number of anilines is 3. The molecule has 0 saturated heterocycles. The summed E-state index contributed by atoms with van der Waals surface area (Å²) in [5, 5.41) is 5.17. The van der Waals surface area contributed by atoms with E-state index in [0.29, 0.717) is 0 Å². The van der Waals surface area contributed by atoms with Crippen LogP contribution in [0.1, 0.15) is 43.4 Å². The summed E-state index contributed by atoms with van der Waals surface area (Å²) in [5.41, 5.74) is 13.1. The van der Waals surface area contributed by atoms with Gasteiger partial charge in [0.1, 0.15) is 0 Å². The molecular formula is C41H36N2. The summed E-state index contributed by atoms with van der Waals surface area (Å²) in [5.74, 6) is 0. The van der Waals surface area contributed by atoms with Crippen molar-refractivity contribution in [2.24, 2.45) is 7.05 Å². The average molecular weight is 557 g/mol. The SMILES string of the molecule is CCC1(CC)c2cc(C)ccc2-c2c1cc(N(c1ccccc1)c1cccc3c4ccccc4n(C)c13)c1ccccc21. The highest BCUT2D eigenvalue weighted by atomic mass is 15.2. The molecule has 8 rings (SSSR count). The molecule has 1 aromatic heterocycles. The lowest BCUT2D eigenvalue weighted by Crippen LogP contribution is -2.24. The molecule has 6 aromatic carbocycles. The molecule has 0 radical (unpaired) electrons. The van der Waals surface area contributed by atoms with E-state index in [9.17, 15) is 0 Å². The third kappa shape index (κ3) is 3.53. The van der Waals surface area contributed by atoms with Crippen molar-refractivity contribution in [1.82, 2.24) is 4.57 Å². The van der Waals surface area contributed by atoms with Gasteiger partial charge in [-0.25, -0.2) is 0 Å². The first-order valence-electron chi connectivity index (χ1n) is 15.6. The molecule has 0 saturated carbocycles. The van der Waals surface area contributed by atoms with Crippen LogP contribution in [-0.2, 0) is 12.5 Å². The van der Waals surface area contributed by atoms with E-state index in [-0.39, 0.29) is 5.41 Å². The molecule has 0 aliphatic heterocycles. The highest BCUT2D eigenvalue weighted by molar-refractivity contribution is 6.15. The van der Waals surface area contributed by atoms with E-state index < -0.39 is 0 Å². The van der Waals surface area contributed by atoms with E-state index >= 15 is 0 Å². The average Bonchev–Trinajstić information content (AvgIpc) is 3.51. The van der Waals surface area contributed by atoms with Crippen LogP contribution in [0.25, 0.3) is 43.7 Å². The van der Waals surface area contributed by atoms with Crippen molar-refractivity contribution in [3.8, 4) is 11.1 Å². The Morgan fingerprint density at radius 3 is 2.05 bits per heavy atom. The number of nitrogens with zero attached hydrogens (tertiary/aromatic N) is 2. The number of fused-ring (bicyclic) bond motifs is 8. The first-order valence-corrected chi connectivity index (χ1v) is 15.6. The van der Waals surface area contributed by atoms with Gasteiger partial charge in [0.25, 0.3) is 0 Å². The highest BCUT2D eigenvalue weighted by Gasteiger charge is 2.42. The molecule has 1 heterocycles. The first kappa shape index (κ1) is 25.9. The van der Waals surface area contributed by atoms with Crippen LogP contribution >= 0.6 is 0 Å². The van der Waals surface area contributed by atoms with Gasteiger partial charge in [-0.15, -0.1) is 0 Å². The Labute approximate surface area is 253 Å². The largest absolute Gasteiger partial charge is 0.342 e. The van der Waals surface area contributed by atoms with E-state index in [1.165, 1.54) is 71.8 Å². The molecular weight excluding hydrogens is 520 g/mol. The smallest absolute Gasteiger partial charge is 0.0733 e. The summed E-state index contributed by atoms with van der Waals surface area (Å²) in [7, 11) is 2.20. The number of hydrogen-bond donors (Lipinski definition) is 0. The van der Waals surface area contributed by atoms with Gasteiger partial charge in [0.05, 0.1) is 16.9 Å². The van der Waals surface area contributed by atoms with E-state index in [2.05, 4.69) is 159 Å². The molecule has 0 N–H and O–H groups in total. The van der Waals surface area contributed by atoms with Gasteiger partial charge in [0.15, 0.2) is 0 Å². The number of rotatable bonds is 5. The number of hydrogen-bond acceptors (Lipinski definition) is 1. The molecule has 1 aliphatic carbocycles. The lowest BCUT2D eigenvalue weighted by atomic mass is 9.73. The normalized spacial score (nSPS) is 13.5. The summed E-state index contributed by atoms with van der Waals surface area (Å²) < 4.78 is 2.37. The maximum absolute atomic E-state index is 2.54. The molecule has 43 heavy (non-hydrogen) atoms. The van der Waals surface area contributed by atoms with Gasteiger partial charge in [-0.2, -0.15) is 0 Å². The first-order chi connectivity index (χ1) is 21.1. The van der Waals surface area contributed by atoms with Crippen LogP contribution in [0.3, 0.4) is 0 Å². The van der Waals surface area contributed by atoms with E-state index in [1.54, 1.807) is 0 Å². The number of aromatic nitrogens is 1. The Kier molecular flexibility index (Phi) is 5.78. The molecule has 2 heteroatoms. The van der Waals surface area contributed by atoms with Crippen molar-refractivity contribution in [2.45, 2.75) is 39.0 Å². The summed E-state index contributed by atoms with van der Waals surface area (Å²) in [4.78, 5) is 2.51. The fourth-order valence-electron chi connectivity index (χ4n) is 8.02. The Bertz CT molecular complexity index is 2180. The summed E-state index contributed by atoms with van der Waals surface area (Å²) >= 11 is 0. The maximum atomic E-state index is 2.54. The Morgan fingerprint density at radius 1 is 0.605 bits per heavy atom. The van der Waals surface area contributed by atoms with Crippen LogP contribution in [-0.4, -0.2) is 4.57 Å². The second kappa shape index (κ2) is 9.61. The minimum atomic E-state index is -0.0243. The molecule has 0 fully saturated rings.